The molecule has 1 unspecified atom stereocenters. The molecular formula is C22H32O3. The third-order valence-electron chi connectivity index (χ3n) is 4.47. The van der Waals surface area contributed by atoms with E-state index in [9.17, 15) is 4.79 Å². The van der Waals surface area contributed by atoms with Crippen LogP contribution in [0.5, 0.6) is 5.75 Å². The Labute approximate surface area is 153 Å². The smallest absolute Gasteiger partial charge is 0.307 e. The number of carbonyl (C=O) groups excluding carboxylic acids is 1. The molecule has 0 aromatic heterocycles. The van der Waals surface area contributed by atoms with Crippen molar-refractivity contribution >= 4 is 5.97 Å². The van der Waals surface area contributed by atoms with Gasteiger partial charge in [0.1, 0.15) is 5.75 Å². The van der Waals surface area contributed by atoms with E-state index >= 15 is 0 Å². The van der Waals surface area contributed by atoms with Crippen LogP contribution in [0, 0.1) is 17.8 Å². The number of hydrogen-bond acceptors (Lipinski definition) is 3. The Bertz CT molecular complexity index is 545. The molecule has 25 heavy (non-hydrogen) atoms. The molecule has 0 bridgehead atoms. The van der Waals surface area contributed by atoms with Crippen LogP contribution in [0.25, 0.3) is 0 Å². The van der Waals surface area contributed by atoms with Gasteiger partial charge >= 0.3 is 5.97 Å². The van der Waals surface area contributed by atoms with Crippen LogP contribution in [0.15, 0.2) is 24.3 Å². The fourth-order valence-electron chi connectivity index (χ4n) is 3.12. The molecule has 0 spiro atoms. The first-order valence-electron chi connectivity index (χ1n) is 9.44. The Morgan fingerprint density at radius 3 is 2.40 bits per heavy atom. The third kappa shape index (κ3) is 7.65. The van der Waals surface area contributed by atoms with E-state index in [2.05, 4.69) is 11.8 Å². The van der Waals surface area contributed by atoms with Gasteiger partial charge in [-0.05, 0) is 37.0 Å². The van der Waals surface area contributed by atoms with Crippen molar-refractivity contribution in [2.24, 2.45) is 5.92 Å². The summed E-state index contributed by atoms with van der Waals surface area (Å²) in [6.07, 6.45) is 6.88. The van der Waals surface area contributed by atoms with Gasteiger partial charge in [-0.15, -0.1) is 5.92 Å². The van der Waals surface area contributed by atoms with Gasteiger partial charge in [-0.2, -0.15) is 0 Å². The van der Waals surface area contributed by atoms with E-state index in [1.54, 1.807) is 6.92 Å². The van der Waals surface area contributed by atoms with Crippen LogP contribution in [-0.2, 0) is 9.53 Å². The molecule has 0 radical (unpaired) electrons. The summed E-state index contributed by atoms with van der Waals surface area (Å²) < 4.78 is 10.6. The highest BCUT2D eigenvalue weighted by Gasteiger charge is 2.16. The van der Waals surface area contributed by atoms with Gasteiger partial charge in [0.05, 0.1) is 26.1 Å². The fourth-order valence-corrected chi connectivity index (χ4v) is 3.12. The zero-order valence-electron chi connectivity index (χ0n) is 16.1. The van der Waals surface area contributed by atoms with Crippen molar-refractivity contribution in [3.8, 4) is 17.6 Å². The molecule has 1 fully saturated rings. The second kappa shape index (κ2) is 12.4. The highest BCUT2D eigenvalue weighted by Crippen LogP contribution is 2.28. The number of rotatable bonds is 7. The van der Waals surface area contributed by atoms with Gasteiger partial charge in [-0.25, -0.2) is 0 Å². The topological polar surface area (TPSA) is 35.5 Å². The molecule has 3 heteroatoms. The Kier molecular flexibility index (Phi) is 10.5. The Balaban J connectivity index is 0.00000151. The maximum absolute atomic E-state index is 11.5. The fraction of sp³-hybridized carbons (Fsp3) is 0.591. The summed E-state index contributed by atoms with van der Waals surface area (Å²) in [5, 5.41) is 0. The first kappa shape index (κ1) is 21.1. The molecule has 0 aliphatic heterocycles. The molecule has 2 rings (SSSR count). The van der Waals surface area contributed by atoms with Gasteiger partial charge in [-0.1, -0.05) is 57.6 Å². The lowest BCUT2D eigenvalue weighted by Gasteiger charge is -2.13. The van der Waals surface area contributed by atoms with Crippen LogP contribution >= 0.6 is 0 Å². The third-order valence-corrected chi connectivity index (χ3v) is 4.47. The first-order valence-corrected chi connectivity index (χ1v) is 9.44. The number of ether oxygens (including phenoxy) is 2. The monoisotopic (exact) mass is 344 g/mol. The van der Waals surface area contributed by atoms with Crippen molar-refractivity contribution in [2.45, 2.75) is 65.2 Å². The molecule has 1 aliphatic carbocycles. The maximum Gasteiger partial charge on any atom is 0.307 e. The molecule has 3 nitrogen and oxygen atoms in total. The van der Waals surface area contributed by atoms with Gasteiger partial charge in [-0.3, -0.25) is 4.79 Å². The summed E-state index contributed by atoms with van der Waals surface area (Å²) in [5.74, 6) is 7.32. The summed E-state index contributed by atoms with van der Waals surface area (Å²) in [5.41, 5.74) is 1.02. The predicted octanol–water partition coefficient (Wildman–Crippen LogP) is 5.34. The molecule has 1 saturated carbocycles. The van der Waals surface area contributed by atoms with E-state index in [0.717, 1.165) is 30.3 Å². The van der Waals surface area contributed by atoms with Crippen LogP contribution in [0.2, 0.25) is 0 Å². The van der Waals surface area contributed by atoms with Crippen LogP contribution in [0.1, 0.15) is 70.8 Å². The van der Waals surface area contributed by atoms with E-state index in [4.69, 9.17) is 9.47 Å². The second-order valence-corrected chi connectivity index (χ2v) is 6.08. The van der Waals surface area contributed by atoms with E-state index < -0.39 is 0 Å². The first-order chi connectivity index (χ1) is 12.2. The highest BCUT2D eigenvalue weighted by molar-refractivity contribution is 5.71. The Hall–Kier alpha value is -1.95. The number of esters is 1. The summed E-state index contributed by atoms with van der Waals surface area (Å²) in [4.78, 5) is 11.5. The zero-order valence-corrected chi connectivity index (χ0v) is 16.1. The molecule has 1 aliphatic rings. The van der Waals surface area contributed by atoms with Crippen molar-refractivity contribution in [2.75, 3.05) is 13.7 Å². The standard InChI is InChI=1S/C20H26O3.C2H6/c1-3-6-18(15-20(21)22-2)17-9-11-19(12-10-17)23-14-13-16-7-4-5-8-16;1-2/h9-12,16,18H,4-5,7-8,13-15H2,1-2H3;1-2H3. The van der Waals surface area contributed by atoms with E-state index in [1.807, 2.05) is 38.1 Å². The average molecular weight is 344 g/mol. The lowest BCUT2D eigenvalue weighted by atomic mass is 9.96. The number of carbonyl (C=O) groups is 1. The molecule has 0 saturated heterocycles. The molecule has 1 aromatic rings. The van der Waals surface area contributed by atoms with Crippen molar-refractivity contribution in [3.05, 3.63) is 29.8 Å². The van der Waals surface area contributed by atoms with Crippen LogP contribution in [0.4, 0.5) is 0 Å². The van der Waals surface area contributed by atoms with Gasteiger partial charge in [0, 0.05) is 0 Å². The summed E-state index contributed by atoms with van der Waals surface area (Å²) in [7, 11) is 1.40. The number of benzene rings is 1. The molecule has 0 amide bonds. The minimum atomic E-state index is -0.241. The van der Waals surface area contributed by atoms with Gasteiger partial charge in [0.25, 0.3) is 0 Å². The average Bonchev–Trinajstić information content (AvgIpc) is 3.17. The SMILES string of the molecule is CC.CC#CC(CC(=O)OC)c1ccc(OCCC2CCCC2)cc1. The van der Waals surface area contributed by atoms with Crippen molar-refractivity contribution in [1.29, 1.82) is 0 Å². The molecule has 138 valence electrons. The highest BCUT2D eigenvalue weighted by atomic mass is 16.5. The number of hydrogen-bond donors (Lipinski definition) is 0. The normalized spacial score (nSPS) is 14.6. The van der Waals surface area contributed by atoms with Crippen LogP contribution in [-0.4, -0.2) is 19.7 Å². The van der Waals surface area contributed by atoms with Crippen molar-refractivity contribution in [3.63, 3.8) is 0 Å². The van der Waals surface area contributed by atoms with E-state index in [-0.39, 0.29) is 18.3 Å². The van der Waals surface area contributed by atoms with Crippen molar-refractivity contribution in [1.82, 2.24) is 0 Å². The summed E-state index contributed by atoms with van der Waals surface area (Å²) in [6.45, 7) is 6.56. The Morgan fingerprint density at radius 1 is 1.20 bits per heavy atom. The lowest BCUT2D eigenvalue weighted by Crippen LogP contribution is -2.07. The minimum Gasteiger partial charge on any atom is -0.494 e. The molecular weight excluding hydrogens is 312 g/mol. The quantitative estimate of drug-likeness (QED) is 0.494. The van der Waals surface area contributed by atoms with Crippen LogP contribution < -0.4 is 4.74 Å². The van der Waals surface area contributed by atoms with Crippen LogP contribution in [0.3, 0.4) is 0 Å². The van der Waals surface area contributed by atoms with Gasteiger partial charge < -0.3 is 9.47 Å². The lowest BCUT2D eigenvalue weighted by molar-refractivity contribution is -0.140. The molecule has 0 heterocycles. The van der Waals surface area contributed by atoms with Gasteiger partial charge in [0.15, 0.2) is 0 Å². The summed E-state index contributed by atoms with van der Waals surface area (Å²) in [6, 6.07) is 7.91. The zero-order chi connectivity index (χ0) is 18.5. The molecule has 1 atom stereocenters. The maximum atomic E-state index is 11.5. The van der Waals surface area contributed by atoms with Crippen molar-refractivity contribution < 1.29 is 14.3 Å². The molecule has 0 N–H and O–H groups in total. The largest absolute Gasteiger partial charge is 0.494 e. The number of methoxy groups -OCH3 is 1. The minimum absolute atomic E-state index is 0.125. The van der Waals surface area contributed by atoms with E-state index in [0.29, 0.717) is 0 Å². The second-order valence-electron chi connectivity index (χ2n) is 6.08. The van der Waals surface area contributed by atoms with E-state index in [1.165, 1.54) is 32.8 Å². The Morgan fingerprint density at radius 2 is 1.84 bits per heavy atom. The summed E-state index contributed by atoms with van der Waals surface area (Å²) >= 11 is 0. The van der Waals surface area contributed by atoms with Gasteiger partial charge in [0.2, 0.25) is 0 Å². The molecule has 1 aromatic carbocycles. The predicted molar refractivity (Wildman–Crippen MR) is 103 cm³/mol.